The van der Waals surface area contributed by atoms with E-state index in [4.69, 9.17) is 5.11 Å². The van der Waals surface area contributed by atoms with Gasteiger partial charge in [-0.25, -0.2) is 4.98 Å². The van der Waals surface area contributed by atoms with Crippen LogP contribution >= 0.6 is 0 Å². The SMILES string of the molecule is CNc1cc(-c2ccc(CC(=O)O)cc2)ncc1[N+](=O)[O-]. The van der Waals surface area contributed by atoms with E-state index in [1.165, 1.54) is 6.20 Å². The fourth-order valence-corrected chi connectivity index (χ4v) is 1.92. The average Bonchev–Trinajstić information content (AvgIpc) is 2.46. The quantitative estimate of drug-likeness (QED) is 0.645. The normalized spacial score (nSPS) is 10.1. The number of hydrogen-bond donors (Lipinski definition) is 2. The second-order valence-electron chi connectivity index (χ2n) is 4.36. The first-order chi connectivity index (χ1) is 10.0. The van der Waals surface area contributed by atoms with Crippen molar-refractivity contribution in [3.8, 4) is 11.3 Å². The number of nitrogens with zero attached hydrogens (tertiary/aromatic N) is 2. The van der Waals surface area contributed by atoms with E-state index in [0.717, 1.165) is 5.56 Å². The minimum absolute atomic E-state index is 0.0459. The van der Waals surface area contributed by atoms with E-state index in [2.05, 4.69) is 10.3 Å². The number of carboxylic acid groups (broad SMARTS) is 1. The number of anilines is 1. The van der Waals surface area contributed by atoms with Gasteiger partial charge in [0.05, 0.1) is 17.0 Å². The number of rotatable bonds is 5. The van der Waals surface area contributed by atoms with Crippen molar-refractivity contribution in [1.82, 2.24) is 4.98 Å². The van der Waals surface area contributed by atoms with Crippen molar-refractivity contribution in [2.75, 3.05) is 12.4 Å². The Balaban J connectivity index is 2.33. The van der Waals surface area contributed by atoms with Crippen LogP contribution in [0.5, 0.6) is 0 Å². The zero-order valence-corrected chi connectivity index (χ0v) is 11.2. The van der Waals surface area contributed by atoms with Gasteiger partial charge in [-0.15, -0.1) is 0 Å². The Kier molecular flexibility index (Phi) is 4.13. The fraction of sp³-hybridized carbons (Fsp3) is 0.143. The van der Waals surface area contributed by atoms with Crippen molar-refractivity contribution < 1.29 is 14.8 Å². The maximum atomic E-state index is 10.8. The zero-order chi connectivity index (χ0) is 15.4. The van der Waals surface area contributed by atoms with Crippen LogP contribution in [-0.2, 0) is 11.2 Å². The van der Waals surface area contributed by atoms with Crippen LogP contribution in [0.4, 0.5) is 11.4 Å². The van der Waals surface area contributed by atoms with Crippen molar-refractivity contribution in [2.24, 2.45) is 0 Å². The molecule has 0 spiro atoms. The van der Waals surface area contributed by atoms with Crippen molar-refractivity contribution in [3.05, 3.63) is 52.2 Å². The molecule has 2 N–H and O–H groups in total. The molecule has 21 heavy (non-hydrogen) atoms. The predicted octanol–water partition coefficient (Wildman–Crippen LogP) is 2.33. The van der Waals surface area contributed by atoms with Gasteiger partial charge >= 0.3 is 11.7 Å². The van der Waals surface area contributed by atoms with E-state index in [1.807, 2.05) is 0 Å². The lowest BCUT2D eigenvalue weighted by Gasteiger charge is -2.06. The number of carbonyl (C=O) groups is 1. The number of hydrogen-bond acceptors (Lipinski definition) is 5. The van der Waals surface area contributed by atoms with E-state index >= 15 is 0 Å². The molecule has 0 aliphatic rings. The van der Waals surface area contributed by atoms with Gasteiger partial charge in [-0.3, -0.25) is 14.9 Å². The molecule has 0 amide bonds. The molecule has 1 aromatic heterocycles. The summed E-state index contributed by atoms with van der Waals surface area (Å²) in [5.74, 6) is -0.895. The maximum Gasteiger partial charge on any atom is 0.310 e. The number of nitro groups is 1. The van der Waals surface area contributed by atoms with Gasteiger partial charge in [-0.2, -0.15) is 0 Å². The summed E-state index contributed by atoms with van der Waals surface area (Å²) in [6.45, 7) is 0. The Morgan fingerprint density at radius 3 is 2.57 bits per heavy atom. The molecule has 0 fully saturated rings. The van der Waals surface area contributed by atoms with Gasteiger partial charge in [0.25, 0.3) is 0 Å². The van der Waals surface area contributed by atoms with Gasteiger partial charge < -0.3 is 10.4 Å². The Morgan fingerprint density at radius 1 is 1.38 bits per heavy atom. The van der Waals surface area contributed by atoms with Gasteiger partial charge in [0.1, 0.15) is 11.9 Å². The standard InChI is InChI=1S/C14H13N3O4/c1-15-12-7-11(16-8-13(12)17(20)21)10-4-2-9(3-5-10)6-14(18)19/h2-5,7-8H,6H2,1H3,(H,15,16)(H,18,19). The first kappa shape index (κ1) is 14.4. The highest BCUT2D eigenvalue weighted by Gasteiger charge is 2.14. The minimum Gasteiger partial charge on any atom is -0.481 e. The monoisotopic (exact) mass is 287 g/mol. The Labute approximate surface area is 120 Å². The topological polar surface area (TPSA) is 105 Å². The van der Waals surface area contributed by atoms with Crippen molar-refractivity contribution in [1.29, 1.82) is 0 Å². The summed E-state index contributed by atoms with van der Waals surface area (Å²) in [5.41, 5.74) is 2.30. The third kappa shape index (κ3) is 3.33. The molecule has 0 aliphatic carbocycles. The van der Waals surface area contributed by atoms with E-state index < -0.39 is 10.9 Å². The molecule has 7 nitrogen and oxygen atoms in total. The van der Waals surface area contributed by atoms with Crippen LogP contribution < -0.4 is 5.32 Å². The Bertz CT molecular complexity index is 683. The van der Waals surface area contributed by atoms with Crippen molar-refractivity contribution >= 4 is 17.3 Å². The Hall–Kier alpha value is -2.96. The molecule has 1 aromatic carbocycles. The average molecular weight is 287 g/mol. The van der Waals surface area contributed by atoms with Crippen LogP contribution in [0, 0.1) is 10.1 Å². The lowest BCUT2D eigenvalue weighted by Crippen LogP contribution is -2.00. The molecular weight excluding hydrogens is 274 g/mol. The zero-order valence-electron chi connectivity index (χ0n) is 11.2. The summed E-state index contributed by atoms with van der Waals surface area (Å²) in [5, 5.41) is 22.3. The molecule has 0 atom stereocenters. The number of carboxylic acids is 1. The third-order valence-corrected chi connectivity index (χ3v) is 2.95. The first-order valence-electron chi connectivity index (χ1n) is 6.14. The Morgan fingerprint density at radius 2 is 2.05 bits per heavy atom. The van der Waals surface area contributed by atoms with Crippen LogP contribution in [0.2, 0.25) is 0 Å². The molecule has 0 saturated heterocycles. The summed E-state index contributed by atoms with van der Waals surface area (Å²) in [6, 6.07) is 8.47. The number of aromatic nitrogens is 1. The number of nitrogens with one attached hydrogen (secondary N) is 1. The maximum absolute atomic E-state index is 10.8. The van der Waals surface area contributed by atoms with Crippen molar-refractivity contribution in [3.63, 3.8) is 0 Å². The summed E-state index contributed by atoms with van der Waals surface area (Å²) < 4.78 is 0. The van der Waals surface area contributed by atoms with Crippen LogP contribution in [0.25, 0.3) is 11.3 Å². The minimum atomic E-state index is -0.895. The molecule has 2 aromatic rings. The highest BCUT2D eigenvalue weighted by molar-refractivity contribution is 5.72. The summed E-state index contributed by atoms with van der Waals surface area (Å²) >= 11 is 0. The molecule has 0 aliphatic heterocycles. The second kappa shape index (κ2) is 6.00. The molecule has 0 saturated carbocycles. The molecular formula is C14H13N3O4. The van der Waals surface area contributed by atoms with Crippen LogP contribution in [0.15, 0.2) is 36.5 Å². The van der Waals surface area contributed by atoms with Gasteiger partial charge in [0, 0.05) is 12.6 Å². The molecule has 0 radical (unpaired) electrons. The number of aliphatic carboxylic acids is 1. The van der Waals surface area contributed by atoms with Gasteiger partial charge in [-0.1, -0.05) is 24.3 Å². The lowest BCUT2D eigenvalue weighted by atomic mass is 10.1. The molecule has 1 heterocycles. The highest BCUT2D eigenvalue weighted by atomic mass is 16.6. The van der Waals surface area contributed by atoms with Gasteiger partial charge in [0.2, 0.25) is 0 Å². The van der Waals surface area contributed by atoms with Crippen LogP contribution in [0.3, 0.4) is 0 Å². The lowest BCUT2D eigenvalue weighted by molar-refractivity contribution is -0.384. The van der Waals surface area contributed by atoms with E-state index in [-0.39, 0.29) is 12.1 Å². The van der Waals surface area contributed by atoms with Crippen LogP contribution in [0.1, 0.15) is 5.56 Å². The largest absolute Gasteiger partial charge is 0.481 e. The van der Waals surface area contributed by atoms with E-state index in [1.54, 1.807) is 37.4 Å². The molecule has 2 rings (SSSR count). The third-order valence-electron chi connectivity index (χ3n) is 2.95. The second-order valence-corrected chi connectivity index (χ2v) is 4.36. The molecule has 0 unspecified atom stereocenters. The van der Waals surface area contributed by atoms with Gasteiger partial charge in [0.15, 0.2) is 0 Å². The summed E-state index contributed by atoms with van der Waals surface area (Å²) in [6.07, 6.45) is 1.15. The summed E-state index contributed by atoms with van der Waals surface area (Å²) in [4.78, 5) is 25.0. The number of pyridine rings is 1. The molecule has 108 valence electrons. The fourth-order valence-electron chi connectivity index (χ4n) is 1.92. The smallest absolute Gasteiger partial charge is 0.310 e. The predicted molar refractivity (Wildman–Crippen MR) is 77.2 cm³/mol. The van der Waals surface area contributed by atoms with Crippen LogP contribution in [-0.4, -0.2) is 28.0 Å². The van der Waals surface area contributed by atoms with E-state index in [0.29, 0.717) is 16.9 Å². The first-order valence-corrected chi connectivity index (χ1v) is 6.14. The van der Waals surface area contributed by atoms with Crippen molar-refractivity contribution in [2.45, 2.75) is 6.42 Å². The molecule has 7 heteroatoms. The highest BCUT2D eigenvalue weighted by Crippen LogP contribution is 2.28. The summed E-state index contributed by atoms with van der Waals surface area (Å²) in [7, 11) is 1.60. The van der Waals surface area contributed by atoms with E-state index in [9.17, 15) is 14.9 Å². The molecule has 0 bridgehead atoms. The van der Waals surface area contributed by atoms with Gasteiger partial charge in [-0.05, 0) is 11.6 Å². The number of benzene rings is 1.